The highest BCUT2D eigenvalue weighted by Gasteiger charge is 2.42. The standard InChI is InChI=1S/C22H25N3O4/c1-25-20(15-8-4-3-5-9-15)19(16-10-6-7-11-17(16)22(25)28)21(27)24-14-18(26)23-12-13-29-2/h3-11,19-20H,12-14H2,1-2H3,(H,23,26)(H,24,27)/t19-,20+/m0/s1. The van der Waals surface area contributed by atoms with E-state index in [-0.39, 0.29) is 24.3 Å². The van der Waals surface area contributed by atoms with E-state index in [1.807, 2.05) is 36.4 Å². The Kier molecular flexibility index (Phi) is 6.61. The number of hydrogen-bond donors (Lipinski definition) is 2. The molecule has 7 nitrogen and oxygen atoms in total. The number of hydrogen-bond acceptors (Lipinski definition) is 4. The van der Waals surface area contributed by atoms with Crippen LogP contribution in [0.3, 0.4) is 0 Å². The summed E-state index contributed by atoms with van der Waals surface area (Å²) in [7, 11) is 3.25. The predicted molar refractivity (Wildman–Crippen MR) is 108 cm³/mol. The van der Waals surface area contributed by atoms with Crippen LogP contribution in [0, 0.1) is 0 Å². The fourth-order valence-electron chi connectivity index (χ4n) is 3.66. The van der Waals surface area contributed by atoms with Crippen molar-refractivity contribution in [3.05, 3.63) is 71.3 Å². The summed E-state index contributed by atoms with van der Waals surface area (Å²) in [5.74, 6) is -1.34. The number of methoxy groups -OCH3 is 1. The second kappa shape index (κ2) is 9.34. The van der Waals surface area contributed by atoms with E-state index in [4.69, 9.17) is 4.74 Å². The molecule has 0 unspecified atom stereocenters. The second-order valence-electron chi connectivity index (χ2n) is 6.90. The van der Waals surface area contributed by atoms with E-state index in [1.165, 1.54) is 0 Å². The van der Waals surface area contributed by atoms with Gasteiger partial charge >= 0.3 is 0 Å². The van der Waals surface area contributed by atoms with Gasteiger partial charge in [-0.3, -0.25) is 14.4 Å². The minimum Gasteiger partial charge on any atom is -0.383 e. The van der Waals surface area contributed by atoms with Crippen LogP contribution >= 0.6 is 0 Å². The molecule has 3 amide bonds. The number of nitrogens with one attached hydrogen (secondary N) is 2. The van der Waals surface area contributed by atoms with Crippen LogP contribution < -0.4 is 10.6 Å². The van der Waals surface area contributed by atoms with Gasteiger partial charge in [-0.15, -0.1) is 0 Å². The highest BCUT2D eigenvalue weighted by molar-refractivity contribution is 6.01. The summed E-state index contributed by atoms with van der Waals surface area (Å²) in [5.41, 5.74) is 2.04. The van der Waals surface area contributed by atoms with E-state index in [9.17, 15) is 14.4 Å². The van der Waals surface area contributed by atoms with Crippen molar-refractivity contribution in [2.75, 3.05) is 33.9 Å². The molecule has 7 heteroatoms. The molecular weight excluding hydrogens is 370 g/mol. The molecule has 152 valence electrons. The predicted octanol–water partition coefficient (Wildman–Crippen LogP) is 1.48. The van der Waals surface area contributed by atoms with Crippen LogP contribution in [0.4, 0.5) is 0 Å². The third kappa shape index (κ3) is 4.46. The Balaban J connectivity index is 1.87. The van der Waals surface area contributed by atoms with Gasteiger partial charge in [0, 0.05) is 26.3 Å². The largest absolute Gasteiger partial charge is 0.383 e. The van der Waals surface area contributed by atoms with Crippen LogP contribution in [0.15, 0.2) is 54.6 Å². The zero-order valence-electron chi connectivity index (χ0n) is 16.6. The highest BCUT2D eigenvalue weighted by Crippen LogP contribution is 2.41. The molecule has 0 fully saturated rings. The van der Waals surface area contributed by atoms with Crippen molar-refractivity contribution in [1.82, 2.24) is 15.5 Å². The topological polar surface area (TPSA) is 87.7 Å². The molecular formula is C22H25N3O4. The Labute approximate surface area is 170 Å². The average Bonchev–Trinajstić information content (AvgIpc) is 2.75. The van der Waals surface area contributed by atoms with Gasteiger partial charge in [-0.05, 0) is 17.2 Å². The van der Waals surface area contributed by atoms with E-state index in [0.717, 1.165) is 5.56 Å². The molecule has 0 spiro atoms. The second-order valence-corrected chi connectivity index (χ2v) is 6.90. The molecule has 0 bridgehead atoms. The number of carbonyl (C=O) groups excluding carboxylic acids is 3. The first-order chi connectivity index (χ1) is 14.0. The Morgan fingerprint density at radius 1 is 1.03 bits per heavy atom. The number of benzene rings is 2. The van der Waals surface area contributed by atoms with Gasteiger partial charge in [0.25, 0.3) is 5.91 Å². The first-order valence-electron chi connectivity index (χ1n) is 9.49. The number of fused-ring (bicyclic) bond motifs is 1. The lowest BCUT2D eigenvalue weighted by Crippen LogP contribution is -2.47. The molecule has 1 aliphatic heterocycles. The molecule has 0 aliphatic carbocycles. The van der Waals surface area contributed by atoms with Gasteiger partial charge in [0.15, 0.2) is 0 Å². The van der Waals surface area contributed by atoms with Crippen molar-refractivity contribution >= 4 is 17.7 Å². The van der Waals surface area contributed by atoms with E-state index in [2.05, 4.69) is 10.6 Å². The third-order valence-corrected chi connectivity index (χ3v) is 5.05. The van der Waals surface area contributed by atoms with Crippen LogP contribution in [0.2, 0.25) is 0 Å². The molecule has 0 saturated carbocycles. The fraction of sp³-hybridized carbons (Fsp3) is 0.318. The summed E-state index contributed by atoms with van der Waals surface area (Å²) in [6, 6.07) is 16.1. The van der Waals surface area contributed by atoms with Crippen LogP contribution in [-0.2, 0) is 14.3 Å². The van der Waals surface area contributed by atoms with Gasteiger partial charge < -0.3 is 20.3 Å². The highest BCUT2D eigenvalue weighted by atomic mass is 16.5. The summed E-state index contributed by atoms with van der Waals surface area (Å²) < 4.78 is 4.90. The fourth-order valence-corrected chi connectivity index (χ4v) is 3.66. The summed E-state index contributed by atoms with van der Waals surface area (Å²) >= 11 is 0. The Bertz CT molecular complexity index is 885. The molecule has 3 rings (SSSR count). The lowest BCUT2D eigenvalue weighted by molar-refractivity contribution is -0.128. The summed E-state index contributed by atoms with van der Waals surface area (Å²) in [6.45, 7) is 0.639. The van der Waals surface area contributed by atoms with Crippen molar-refractivity contribution in [3.8, 4) is 0 Å². The summed E-state index contributed by atoms with van der Waals surface area (Å²) in [5, 5.41) is 5.40. The molecule has 2 aromatic carbocycles. The van der Waals surface area contributed by atoms with Crippen LogP contribution in [-0.4, -0.2) is 56.5 Å². The molecule has 0 aromatic heterocycles. The maximum atomic E-state index is 13.2. The molecule has 1 aliphatic rings. The van der Waals surface area contributed by atoms with Crippen LogP contribution in [0.25, 0.3) is 0 Å². The average molecular weight is 395 g/mol. The Morgan fingerprint density at radius 3 is 2.45 bits per heavy atom. The molecule has 2 N–H and O–H groups in total. The minimum absolute atomic E-state index is 0.129. The molecule has 1 heterocycles. The zero-order valence-corrected chi connectivity index (χ0v) is 16.6. The molecule has 2 atom stereocenters. The number of rotatable bonds is 7. The molecule has 29 heavy (non-hydrogen) atoms. The Morgan fingerprint density at radius 2 is 1.72 bits per heavy atom. The molecule has 0 saturated heterocycles. The smallest absolute Gasteiger partial charge is 0.254 e. The van der Waals surface area contributed by atoms with Crippen molar-refractivity contribution in [2.24, 2.45) is 0 Å². The van der Waals surface area contributed by atoms with E-state index in [0.29, 0.717) is 24.3 Å². The van der Waals surface area contributed by atoms with Crippen molar-refractivity contribution in [3.63, 3.8) is 0 Å². The summed E-state index contributed by atoms with van der Waals surface area (Å²) in [4.78, 5) is 39.6. The van der Waals surface area contributed by atoms with E-state index in [1.54, 1.807) is 37.3 Å². The van der Waals surface area contributed by atoms with Crippen LogP contribution in [0.5, 0.6) is 0 Å². The monoisotopic (exact) mass is 395 g/mol. The third-order valence-electron chi connectivity index (χ3n) is 5.05. The SMILES string of the molecule is COCCNC(=O)CNC(=O)[C@H]1c2ccccc2C(=O)N(C)[C@@H]1c1ccccc1. The van der Waals surface area contributed by atoms with Gasteiger partial charge in [0.1, 0.15) is 0 Å². The quantitative estimate of drug-likeness (QED) is 0.695. The zero-order chi connectivity index (χ0) is 20.8. The maximum Gasteiger partial charge on any atom is 0.254 e. The van der Waals surface area contributed by atoms with Gasteiger partial charge in [-0.25, -0.2) is 0 Å². The van der Waals surface area contributed by atoms with Crippen molar-refractivity contribution < 1.29 is 19.1 Å². The van der Waals surface area contributed by atoms with Crippen LogP contribution in [0.1, 0.15) is 33.4 Å². The Hall–Kier alpha value is -3.19. The maximum absolute atomic E-state index is 13.2. The van der Waals surface area contributed by atoms with E-state index >= 15 is 0 Å². The first-order valence-corrected chi connectivity index (χ1v) is 9.49. The normalized spacial score (nSPS) is 18.1. The number of nitrogens with zero attached hydrogens (tertiary/aromatic N) is 1. The number of amides is 3. The number of carbonyl (C=O) groups is 3. The molecule has 0 radical (unpaired) electrons. The van der Waals surface area contributed by atoms with Crippen molar-refractivity contribution in [1.29, 1.82) is 0 Å². The molecule has 2 aromatic rings. The van der Waals surface area contributed by atoms with Crippen molar-refractivity contribution in [2.45, 2.75) is 12.0 Å². The van der Waals surface area contributed by atoms with E-state index < -0.39 is 12.0 Å². The van der Waals surface area contributed by atoms with Gasteiger partial charge in [-0.1, -0.05) is 48.5 Å². The number of likely N-dealkylation sites (N-methyl/N-ethyl adjacent to an activating group) is 1. The lowest BCUT2D eigenvalue weighted by atomic mass is 9.79. The van der Waals surface area contributed by atoms with Gasteiger partial charge in [0.2, 0.25) is 11.8 Å². The lowest BCUT2D eigenvalue weighted by Gasteiger charge is -2.39. The number of ether oxygens (including phenoxy) is 1. The first kappa shape index (κ1) is 20.5. The minimum atomic E-state index is -0.622. The summed E-state index contributed by atoms with van der Waals surface area (Å²) in [6.07, 6.45) is 0. The van der Waals surface area contributed by atoms with Gasteiger partial charge in [-0.2, -0.15) is 0 Å². The van der Waals surface area contributed by atoms with Gasteiger partial charge in [0.05, 0.1) is 25.1 Å².